The van der Waals surface area contributed by atoms with E-state index in [1.807, 2.05) is 26.0 Å². The molecule has 16 heavy (non-hydrogen) atoms. The summed E-state index contributed by atoms with van der Waals surface area (Å²) >= 11 is 0. The Morgan fingerprint density at radius 2 is 1.62 bits per heavy atom. The van der Waals surface area contributed by atoms with Crippen molar-refractivity contribution in [1.29, 1.82) is 0 Å². The summed E-state index contributed by atoms with van der Waals surface area (Å²) in [7, 11) is 0. The SMILES string of the molecule is C/C=C/C.CC[C@@H](C)CCc1ccccc1. The van der Waals surface area contributed by atoms with Gasteiger partial charge in [0.2, 0.25) is 0 Å². The van der Waals surface area contributed by atoms with Crippen LogP contribution in [0.4, 0.5) is 0 Å². The van der Waals surface area contributed by atoms with Gasteiger partial charge in [0.05, 0.1) is 0 Å². The van der Waals surface area contributed by atoms with Gasteiger partial charge < -0.3 is 0 Å². The molecule has 1 aromatic carbocycles. The van der Waals surface area contributed by atoms with Crippen molar-refractivity contribution in [1.82, 2.24) is 0 Å². The molecule has 1 rings (SSSR count). The van der Waals surface area contributed by atoms with Gasteiger partial charge in [0.25, 0.3) is 0 Å². The van der Waals surface area contributed by atoms with Crippen LogP contribution in [-0.2, 0) is 6.42 Å². The molecule has 0 heterocycles. The van der Waals surface area contributed by atoms with Crippen molar-refractivity contribution in [3.05, 3.63) is 48.0 Å². The molecule has 0 N–H and O–H groups in total. The van der Waals surface area contributed by atoms with E-state index in [1.165, 1.54) is 24.8 Å². The molecule has 0 radical (unpaired) electrons. The Morgan fingerprint density at radius 1 is 1.06 bits per heavy atom. The zero-order chi connectivity index (χ0) is 12.2. The topological polar surface area (TPSA) is 0 Å². The predicted molar refractivity (Wildman–Crippen MR) is 74.7 cm³/mol. The third kappa shape index (κ3) is 8.28. The molecule has 0 spiro atoms. The molecule has 0 fully saturated rings. The summed E-state index contributed by atoms with van der Waals surface area (Å²) in [5.41, 5.74) is 1.47. The molecule has 0 bridgehead atoms. The molecule has 0 unspecified atom stereocenters. The molecule has 0 nitrogen and oxygen atoms in total. The Bertz CT molecular complexity index is 255. The summed E-state index contributed by atoms with van der Waals surface area (Å²) in [5, 5.41) is 0. The molecule has 1 aromatic rings. The number of aryl methyl sites for hydroxylation is 1. The Kier molecular flexibility index (Phi) is 9.80. The van der Waals surface area contributed by atoms with Crippen LogP contribution in [-0.4, -0.2) is 0 Å². The molecule has 90 valence electrons. The molecule has 0 saturated carbocycles. The van der Waals surface area contributed by atoms with E-state index in [1.54, 1.807) is 0 Å². The maximum atomic E-state index is 2.32. The van der Waals surface area contributed by atoms with Crippen molar-refractivity contribution in [2.24, 2.45) is 5.92 Å². The lowest BCUT2D eigenvalue weighted by molar-refractivity contribution is 0.516. The van der Waals surface area contributed by atoms with Crippen LogP contribution in [0.5, 0.6) is 0 Å². The van der Waals surface area contributed by atoms with Crippen molar-refractivity contribution in [2.45, 2.75) is 47.0 Å². The van der Waals surface area contributed by atoms with Crippen LogP contribution in [0.3, 0.4) is 0 Å². The molecular formula is C16H26. The fourth-order valence-corrected chi connectivity index (χ4v) is 1.26. The maximum absolute atomic E-state index is 2.32. The van der Waals surface area contributed by atoms with Crippen LogP contribution in [0.1, 0.15) is 46.1 Å². The van der Waals surface area contributed by atoms with Gasteiger partial charge in [-0.25, -0.2) is 0 Å². The second-order valence-corrected chi connectivity index (χ2v) is 4.20. The number of hydrogen-bond acceptors (Lipinski definition) is 0. The van der Waals surface area contributed by atoms with E-state index in [-0.39, 0.29) is 0 Å². The lowest BCUT2D eigenvalue weighted by Crippen LogP contribution is -1.94. The number of benzene rings is 1. The number of allylic oxidation sites excluding steroid dienone is 2. The van der Waals surface area contributed by atoms with Gasteiger partial charge in [-0.15, -0.1) is 0 Å². The molecule has 0 aliphatic carbocycles. The highest BCUT2D eigenvalue weighted by atomic mass is 14.0. The fourth-order valence-electron chi connectivity index (χ4n) is 1.26. The second kappa shape index (κ2) is 10.5. The first-order chi connectivity index (χ1) is 7.74. The minimum Gasteiger partial charge on any atom is -0.0919 e. The van der Waals surface area contributed by atoms with Gasteiger partial charge in [0.1, 0.15) is 0 Å². The molecule has 0 amide bonds. The highest BCUT2D eigenvalue weighted by Gasteiger charge is 1.98. The smallest absolute Gasteiger partial charge is 0.0276 e. The summed E-state index contributed by atoms with van der Waals surface area (Å²) in [6, 6.07) is 10.7. The molecule has 0 aliphatic heterocycles. The monoisotopic (exact) mass is 218 g/mol. The van der Waals surface area contributed by atoms with Crippen molar-refractivity contribution < 1.29 is 0 Å². The fraction of sp³-hybridized carbons (Fsp3) is 0.500. The zero-order valence-corrected chi connectivity index (χ0v) is 11.2. The molecular weight excluding hydrogens is 192 g/mol. The number of hydrogen-bond donors (Lipinski definition) is 0. The van der Waals surface area contributed by atoms with E-state index >= 15 is 0 Å². The van der Waals surface area contributed by atoms with Crippen LogP contribution in [0.25, 0.3) is 0 Å². The van der Waals surface area contributed by atoms with Gasteiger partial charge in [0.15, 0.2) is 0 Å². The molecule has 0 aliphatic rings. The number of rotatable bonds is 4. The van der Waals surface area contributed by atoms with Crippen molar-refractivity contribution in [3.8, 4) is 0 Å². The van der Waals surface area contributed by atoms with Gasteiger partial charge in [-0.1, -0.05) is 62.8 Å². The van der Waals surface area contributed by atoms with Gasteiger partial charge in [-0.05, 0) is 38.2 Å². The summed E-state index contributed by atoms with van der Waals surface area (Å²) in [6.07, 6.45) is 7.85. The normalized spacial score (nSPS) is 12.0. The second-order valence-electron chi connectivity index (χ2n) is 4.20. The largest absolute Gasteiger partial charge is 0.0919 e. The van der Waals surface area contributed by atoms with E-state index in [9.17, 15) is 0 Å². The molecule has 0 aromatic heterocycles. The minimum atomic E-state index is 0.866. The van der Waals surface area contributed by atoms with E-state index in [4.69, 9.17) is 0 Å². The summed E-state index contributed by atoms with van der Waals surface area (Å²) in [4.78, 5) is 0. The zero-order valence-electron chi connectivity index (χ0n) is 11.2. The van der Waals surface area contributed by atoms with Crippen LogP contribution < -0.4 is 0 Å². The van der Waals surface area contributed by atoms with E-state index < -0.39 is 0 Å². The molecule has 1 atom stereocenters. The Morgan fingerprint density at radius 3 is 2.06 bits per heavy atom. The summed E-state index contributed by atoms with van der Waals surface area (Å²) in [6.45, 7) is 8.58. The quantitative estimate of drug-likeness (QED) is 0.606. The predicted octanol–water partition coefficient (Wildman–Crippen LogP) is 5.25. The third-order valence-corrected chi connectivity index (χ3v) is 2.80. The average molecular weight is 218 g/mol. The van der Waals surface area contributed by atoms with Gasteiger partial charge in [-0.3, -0.25) is 0 Å². The Balaban J connectivity index is 0.000000487. The molecule has 0 saturated heterocycles. The first-order valence-corrected chi connectivity index (χ1v) is 6.35. The first-order valence-electron chi connectivity index (χ1n) is 6.35. The summed E-state index contributed by atoms with van der Waals surface area (Å²) in [5.74, 6) is 0.866. The highest BCUT2D eigenvalue weighted by Crippen LogP contribution is 2.11. The third-order valence-electron chi connectivity index (χ3n) is 2.80. The average Bonchev–Trinajstić information content (AvgIpc) is 2.37. The van der Waals surface area contributed by atoms with Crippen LogP contribution in [0.2, 0.25) is 0 Å². The maximum Gasteiger partial charge on any atom is -0.0276 e. The Labute approximate surface area is 101 Å². The van der Waals surface area contributed by atoms with Crippen LogP contribution in [0, 0.1) is 5.92 Å². The first kappa shape index (κ1) is 15.0. The van der Waals surface area contributed by atoms with Gasteiger partial charge in [0, 0.05) is 0 Å². The lowest BCUT2D eigenvalue weighted by Gasteiger charge is -2.07. The van der Waals surface area contributed by atoms with E-state index in [0.717, 1.165) is 5.92 Å². The molecule has 0 heteroatoms. The van der Waals surface area contributed by atoms with Crippen LogP contribution >= 0.6 is 0 Å². The van der Waals surface area contributed by atoms with Crippen molar-refractivity contribution in [2.75, 3.05) is 0 Å². The minimum absolute atomic E-state index is 0.866. The highest BCUT2D eigenvalue weighted by molar-refractivity contribution is 5.14. The van der Waals surface area contributed by atoms with Gasteiger partial charge >= 0.3 is 0 Å². The van der Waals surface area contributed by atoms with Crippen molar-refractivity contribution >= 4 is 0 Å². The summed E-state index contributed by atoms with van der Waals surface area (Å²) < 4.78 is 0. The van der Waals surface area contributed by atoms with Gasteiger partial charge in [-0.2, -0.15) is 0 Å². The van der Waals surface area contributed by atoms with Crippen molar-refractivity contribution in [3.63, 3.8) is 0 Å². The van der Waals surface area contributed by atoms with E-state index in [0.29, 0.717) is 0 Å². The van der Waals surface area contributed by atoms with Crippen LogP contribution in [0.15, 0.2) is 42.5 Å². The lowest BCUT2D eigenvalue weighted by atomic mass is 9.99. The van der Waals surface area contributed by atoms with E-state index in [2.05, 4.69) is 44.2 Å². The standard InChI is InChI=1S/C12H18.C4H8/c1-3-11(2)9-10-12-7-5-4-6-8-12;1-3-4-2/h4-8,11H,3,9-10H2,1-2H3;3-4H,1-2H3/b;4-3+/t11-;/m1./s1. The Hall–Kier alpha value is -1.04.